The number of pyridine rings is 1. The van der Waals surface area contributed by atoms with E-state index in [1.165, 1.54) is 0 Å². The van der Waals surface area contributed by atoms with Gasteiger partial charge in [-0.15, -0.1) is 0 Å². The Balaban J connectivity index is 1.40. The molecule has 0 spiro atoms. The lowest BCUT2D eigenvalue weighted by Gasteiger charge is -2.22. The third-order valence-corrected chi connectivity index (χ3v) is 5.92. The third-order valence-electron chi connectivity index (χ3n) is 5.92. The Hall–Kier alpha value is -4.33. The summed E-state index contributed by atoms with van der Waals surface area (Å²) in [5.41, 5.74) is 4.22. The van der Waals surface area contributed by atoms with Gasteiger partial charge < -0.3 is 14.2 Å². The Kier molecular flexibility index (Phi) is 5.63. The predicted octanol–water partition coefficient (Wildman–Crippen LogP) is 4.76. The van der Waals surface area contributed by atoms with Gasteiger partial charge in [0.25, 0.3) is 0 Å². The third kappa shape index (κ3) is 3.94. The van der Waals surface area contributed by atoms with Crippen LogP contribution in [0.15, 0.2) is 66.9 Å². The van der Waals surface area contributed by atoms with E-state index in [1.807, 2.05) is 24.3 Å². The first-order chi connectivity index (χ1) is 16.6. The number of anilines is 1. The van der Waals surface area contributed by atoms with E-state index in [0.717, 1.165) is 17.4 Å². The van der Waals surface area contributed by atoms with E-state index in [2.05, 4.69) is 10.3 Å². The van der Waals surface area contributed by atoms with Crippen molar-refractivity contribution in [1.82, 2.24) is 9.38 Å². The standard InChI is InChI=1S/C26H23N3O5/c1-16-21(15-30)29-13-5-8-22(25(29)27-16)33-24-20-7-4-3-6-17(20)14-23(24)34-26(31)28-18-9-11-19(32-2)12-10-18/h3-13,15,23-24H,14H2,1-2H3,(H,28,31)/t23-,24-/m1/s1. The van der Waals surface area contributed by atoms with Crippen LogP contribution in [0, 0.1) is 6.92 Å². The zero-order valence-electron chi connectivity index (χ0n) is 18.7. The summed E-state index contributed by atoms with van der Waals surface area (Å²) in [6.07, 6.45) is 1.42. The smallest absolute Gasteiger partial charge is 0.412 e. The second-order valence-corrected chi connectivity index (χ2v) is 8.01. The number of hydrogen-bond donors (Lipinski definition) is 1. The molecule has 0 aliphatic heterocycles. The molecule has 1 aliphatic rings. The van der Waals surface area contributed by atoms with Crippen molar-refractivity contribution in [3.63, 3.8) is 0 Å². The molecule has 1 N–H and O–H groups in total. The van der Waals surface area contributed by atoms with Crippen LogP contribution in [0.1, 0.15) is 33.4 Å². The van der Waals surface area contributed by atoms with Crippen molar-refractivity contribution in [3.05, 3.63) is 89.4 Å². The molecule has 8 nitrogen and oxygen atoms in total. The van der Waals surface area contributed by atoms with Crippen LogP contribution in [0.4, 0.5) is 10.5 Å². The molecule has 0 saturated heterocycles. The van der Waals surface area contributed by atoms with Crippen molar-refractivity contribution in [2.45, 2.75) is 25.6 Å². The molecule has 1 amide bonds. The SMILES string of the molecule is COc1ccc(NC(=O)O[C@@H]2Cc3ccccc3[C@H]2Oc2cccn3c(C=O)c(C)nc23)cc1. The lowest BCUT2D eigenvalue weighted by atomic mass is 10.1. The van der Waals surface area contributed by atoms with Gasteiger partial charge in [-0.25, -0.2) is 9.78 Å². The number of hydrogen-bond acceptors (Lipinski definition) is 6. The summed E-state index contributed by atoms with van der Waals surface area (Å²) in [6.45, 7) is 1.78. The normalized spacial score (nSPS) is 16.6. The molecule has 2 aromatic carbocycles. The van der Waals surface area contributed by atoms with Crippen molar-refractivity contribution in [2.24, 2.45) is 0 Å². The number of aromatic nitrogens is 2. The van der Waals surface area contributed by atoms with Gasteiger partial charge in [-0.1, -0.05) is 24.3 Å². The van der Waals surface area contributed by atoms with E-state index >= 15 is 0 Å². The summed E-state index contributed by atoms with van der Waals surface area (Å²) in [5, 5.41) is 2.75. The van der Waals surface area contributed by atoms with Gasteiger partial charge in [0.1, 0.15) is 17.5 Å². The molecule has 1 aliphatic carbocycles. The van der Waals surface area contributed by atoms with Crippen LogP contribution < -0.4 is 14.8 Å². The number of fused-ring (bicyclic) bond motifs is 2. The van der Waals surface area contributed by atoms with E-state index < -0.39 is 18.3 Å². The zero-order chi connectivity index (χ0) is 23.7. The average Bonchev–Trinajstić information content (AvgIpc) is 3.36. The Morgan fingerprint density at radius 1 is 1.12 bits per heavy atom. The summed E-state index contributed by atoms with van der Waals surface area (Å²) in [4.78, 5) is 28.7. The van der Waals surface area contributed by atoms with Crippen LogP contribution in [-0.4, -0.2) is 35.0 Å². The maximum absolute atomic E-state index is 12.7. The summed E-state index contributed by atoms with van der Waals surface area (Å²) < 4.78 is 19.1. The molecular formula is C26H23N3O5. The van der Waals surface area contributed by atoms with Crippen molar-refractivity contribution in [3.8, 4) is 11.5 Å². The first kappa shape index (κ1) is 21.5. The fourth-order valence-corrected chi connectivity index (χ4v) is 4.27. The van der Waals surface area contributed by atoms with Gasteiger partial charge >= 0.3 is 6.09 Å². The number of aryl methyl sites for hydroxylation is 1. The molecule has 34 heavy (non-hydrogen) atoms. The quantitative estimate of drug-likeness (QED) is 0.420. The zero-order valence-corrected chi connectivity index (χ0v) is 18.7. The second-order valence-electron chi connectivity index (χ2n) is 8.01. The maximum Gasteiger partial charge on any atom is 0.412 e. The molecule has 0 unspecified atom stereocenters. The molecule has 0 saturated carbocycles. The molecule has 5 rings (SSSR count). The Labute approximate surface area is 196 Å². The Bertz CT molecular complexity index is 1360. The first-order valence-electron chi connectivity index (χ1n) is 10.9. The van der Waals surface area contributed by atoms with Gasteiger partial charge in [0.2, 0.25) is 0 Å². The van der Waals surface area contributed by atoms with Crippen molar-refractivity contribution in [2.75, 3.05) is 12.4 Å². The van der Waals surface area contributed by atoms with Crippen molar-refractivity contribution < 1.29 is 23.8 Å². The molecule has 2 atom stereocenters. The minimum atomic E-state index is -0.574. The minimum Gasteiger partial charge on any atom is -0.497 e. The molecule has 0 radical (unpaired) electrons. The second kappa shape index (κ2) is 8.90. The number of methoxy groups -OCH3 is 1. The first-order valence-corrected chi connectivity index (χ1v) is 10.9. The van der Waals surface area contributed by atoms with Crippen molar-refractivity contribution >= 4 is 23.7 Å². The van der Waals surface area contributed by atoms with Gasteiger partial charge in [-0.05, 0) is 54.4 Å². The molecule has 0 bridgehead atoms. The molecule has 8 heteroatoms. The summed E-state index contributed by atoms with van der Waals surface area (Å²) >= 11 is 0. The number of aldehydes is 1. The number of rotatable bonds is 6. The predicted molar refractivity (Wildman–Crippen MR) is 126 cm³/mol. The largest absolute Gasteiger partial charge is 0.497 e. The fourth-order valence-electron chi connectivity index (χ4n) is 4.27. The number of carbonyl (C=O) groups excluding carboxylic acids is 2. The van der Waals surface area contributed by atoms with Gasteiger partial charge in [0, 0.05) is 18.3 Å². The minimum absolute atomic E-state index is 0.471. The highest BCUT2D eigenvalue weighted by Gasteiger charge is 2.37. The summed E-state index contributed by atoms with van der Waals surface area (Å²) in [5.74, 6) is 1.20. The number of nitrogens with zero attached hydrogens (tertiary/aromatic N) is 2. The highest BCUT2D eigenvalue weighted by molar-refractivity contribution is 5.85. The Morgan fingerprint density at radius 3 is 2.68 bits per heavy atom. The monoisotopic (exact) mass is 457 g/mol. The van der Waals surface area contributed by atoms with E-state index in [4.69, 9.17) is 14.2 Å². The van der Waals surface area contributed by atoms with Gasteiger partial charge in [-0.2, -0.15) is 0 Å². The van der Waals surface area contributed by atoms with E-state index in [9.17, 15) is 9.59 Å². The van der Waals surface area contributed by atoms with Crippen LogP contribution in [0.3, 0.4) is 0 Å². The molecule has 0 fully saturated rings. The highest BCUT2D eigenvalue weighted by atomic mass is 16.6. The summed E-state index contributed by atoms with van der Waals surface area (Å²) in [6, 6.07) is 18.4. The number of nitrogens with one attached hydrogen (secondary N) is 1. The van der Waals surface area contributed by atoms with Gasteiger partial charge in [-0.3, -0.25) is 14.5 Å². The fraction of sp³-hybridized carbons (Fsp3) is 0.192. The molecule has 172 valence electrons. The number of carbonyl (C=O) groups is 2. The molecule has 2 heterocycles. The van der Waals surface area contributed by atoms with E-state index in [1.54, 1.807) is 61.0 Å². The molecular weight excluding hydrogens is 434 g/mol. The number of imidazole rings is 1. The number of benzene rings is 2. The molecule has 4 aromatic rings. The van der Waals surface area contributed by atoms with Crippen LogP contribution >= 0.6 is 0 Å². The molecule has 2 aromatic heterocycles. The number of amides is 1. The number of ether oxygens (including phenoxy) is 3. The van der Waals surface area contributed by atoms with Crippen LogP contribution in [0.25, 0.3) is 5.65 Å². The Morgan fingerprint density at radius 2 is 1.91 bits per heavy atom. The van der Waals surface area contributed by atoms with Crippen LogP contribution in [0.2, 0.25) is 0 Å². The maximum atomic E-state index is 12.7. The van der Waals surface area contributed by atoms with E-state index in [0.29, 0.717) is 40.6 Å². The summed E-state index contributed by atoms with van der Waals surface area (Å²) in [7, 11) is 1.58. The van der Waals surface area contributed by atoms with Gasteiger partial charge in [0.05, 0.1) is 12.8 Å². The lowest BCUT2D eigenvalue weighted by molar-refractivity contribution is 0.0333. The van der Waals surface area contributed by atoms with Crippen LogP contribution in [-0.2, 0) is 11.2 Å². The van der Waals surface area contributed by atoms with E-state index in [-0.39, 0.29) is 0 Å². The topological polar surface area (TPSA) is 91.2 Å². The lowest BCUT2D eigenvalue weighted by Crippen LogP contribution is -2.28. The van der Waals surface area contributed by atoms with Crippen molar-refractivity contribution in [1.29, 1.82) is 0 Å². The van der Waals surface area contributed by atoms with Gasteiger partial charge in [0.15, 0.2) is 23.8 Å². The average molecular weight is 457 g/mol. The highest BCUT2D eigenvalue weighted by Crippen LogP contribution is 2.38. The van der Waals surface area contributed by atoms with Crippen LogP contribution in [0.5, 0.6) is 11.5 Å².